The molecular weight excluding hydrogens is 345 g/mol. The molecule has 0 aliphatic carbocycles. The van der Waals surface area contributed by atoms with Crippen molar-refractivity contribution in [3.8, 4) is 5.75 Å². The highest BCUT2D eigenvalue weighted by molar-refractivity contribution is 5.97. The second-order valence-corrected chi connectivity index (χ2v) is 7.03. The second kappa shape index (κ2) is 9.00. The van der Waals surface area contributed by atoms with Crippen molar-refractivity contribution in [1.29, 1.82) is 0 Å². The van der Waals surface area contributed by atoms with Gasteiger partial charge in [-0.25, -0.2) is 4.39 Å². The summed E-state index contributed by atoms with van der Waals surface area (Å²) in [7, 11) is 3.22. The summed E-state index contributed by atoms with van der Waals surface area (Å²) < 4.78 is 23.6. The zero-order valence-electron chi connectivity index (χ0n) is 15.9. The fourth-order valence-corrected chi connectivity index (χ4v) is 3.64. The van der Waals surface area contributed by atoms with Gasteiger partial charge in [0.1, 0.15) is 11.6 Å². The van der Waals surface area contributed by atoms with Crippen LogP contribution in [-0.4, -0.2) is 38.1 Å². The van der Waals surface area contributed by atoms with Crippen molar-refractivity contribution < 1.29 is 18.7 Å². The molecule has 0 aromatic heterocycles. The summed E-state index contributed by atoms with van der Waals surface area (Å²) in [5.74, 6) is 0.906. The lowest BCUT2D eigenvalue weighted by Gasteiger charge is -2.32. The van der Waals surface area contributed by atoms with Gasteiger partial charge in [0, 0.05) is 20.2 Å². The van der Waals surface area contributed by atoms with Gasteiger partial charge in [-0.1, -0.05) is 18.2 Å². The minimum Gasteiger partial charge on any atom is -0.496 e. The number of methoxy groups -OCH3 is 2. The molecule has 1 heterocycles. The number of likely N-dealkylation sites (tertiary alicyclic amines) is 1. The number of nitrogens with zero attached hydrogens (tertiary/aromatic N) is 1. The van der Waals surface area contributed by atoms with Crippen LogP contribution in [0.3, 0.4) is 0 Å². The van der Waals surface area contributed by atoms with E-state index in [0.29, 0.717) is 23.8 Å². The predicted molar refractivity (Wildman–Crippen MR) is 102 cm³/mol. The molecule has 1 aliphatic rings. The number of carbonyl (C=O) groups excluding carboxylic acids is 1. The van der Waals surface area contributed by atoms with Crippen molar-refractivity contribution in [3.05, 3.63) is 65.0 Å². The van der Waals surface area contributed by atoms with E-state index in [2.05, 4.69) is 0 Å². The molecule has 0 bridgehead atoms. The van der Waals surface area contributed by atoms with E-state index < -0.39 is 0 Å². The molecular formula is C22H26FNO3. The SMILES string of the molecule is COCc1ccc(OC)c(C(=O)N2CCC(Cc3ccc(F)cc3)CC2)c1. The normalized spacial score (nSPS) is 15.0. The van der Waals surface area contributed by atoms with E-state index in [9.17, 15) is 9.18 Å². The van der Waals surface area contributed by atoms with E-state index in [1.807, 2.05) is 35.2 Å². The molecule has 0 saturated carbocycles. The summed E-state index contributed by atoms with van der Waals surface area (Å²) in [6.07, 6.45) is 2.82. The van der Waals surface area contributed by atoms with Gasteiger partial charge in [0.15, 0.2) is 0 Å². The monoisotopic (exact) mass is 371 g/mol. The van der Waals surface area contributed by atoms with Crippen molar-refractivity contribution in [2.45, 2.75) is 25.9 Å². The summed E-state index contributed by atoms with van der Waals surface area (Å²) in [5.41, 5.74) is 2.69. The lowest BCUT2D eigenvalue weighted by atomic mass is 9.90. The summed E-state index contributed by atoms with van der Waals surface area (Å²) in [6.45, 7) is 1.91. The smallest absolute Gasteiger partial charge is 0.257 e. The number of rotatable bonds is 6. The van der Waals surface area contributed by atoms with Gasteiger partial charge in [0.25, 0.3) is 5.91 Å². The highest BCUT2D eigenvalue weighted by atomic mass is 19.1. The summed E-state index contributed by atoms with van der Waals surface area (Å²) in [6, 6.07) is 12.3. The molecule has 0 N–H and O–H groups in total. The van der Waals surface area contributed by atoms with Gasteiger partial charge in [-0.3, -0.25) is 4.79 Å². The maximum absolute atomic E-state index is 13.0. The van der Waals surface area contributed by atoms with Crippen molar-refractivity contribution in [2.75, 3.05) is 27.3 Å². The van der Waals surface area contributed by atoms with Crippen LogP contribution in [0.4, 0.5) is 4.39 Å². The third kappa shape index (κ3) is 4.86. The Hall–Kier alpha value is -2.40. The van der Waals surface area contributed by atoms with E-state index in [4.69, 9.17) is 9.47 Å². The molecule has 2 aromatic carbocycles. The third-order valence-electron chi connectivity index (χ3n) is 5.14. The van der Waals surface area contributed by atoms with Crippen LogP contribution in [0.15, 0.2) is 42.5 Å². The van der Waals surface area contributed by atoms with Crippen LogP contribution in [0.2, 0.25) is 0 Å². The standard InChI is InChI=1S/C22H26FNO3/c1-26-15-18-5-8-21(27-2)20(14-18)22(25)24-11-9-17(10-12-24)13-16-3-6-19(23)7-4-16/h3-8,14,17H,9-13,15H2,1-2H3. The number of piperidine rings is 1. The molecule has 1 fully saturated rings. The van der Waals surface area contributed by atoms with Crippen LogP contribution in [0, 0.1) is 11.7 Å². The zero-order chi connectivity index (χ0) is 19.2. The summed E-state index contributed by atoms with van der Waals surface area (Å²) in [5, 5.41) is 0. The van der Waals surface area contributed by atoms with Gasteiger partial charge in [0.05, 0.1) is 19.3 Å². The maximum atomic E-state index is 13.0. The van der Waals surface area contributed by atoms with Crippen molar-refractivity contribution in [1.82, 2.24) is 4.90 Å². The zero-order valence-corrected chi connectivity index (χ0v) is 15.9. The Morgan fingerprint density at radius 3 is 2.37 bits per heavy atom. The highest BCUT2D eigenvalue weighted by Crippen LogP contribution is 2.26. The number of carbonyl (C=O) groups is 1. The Morgan fingerprint density at radius 2 is 1.74 bits per heavy atom. The molecule has 0 radical (unpaired) electrons. The Bertz CT molecular complexity index is 768. The van der Waals surface area contributed by atoms with Crippen LogP contribution in [0.1, 0.15) is 34.3 Å². The number of hydrogen-bond donors (Lipinski definition) is 0. The quantitative estimate of drug-likeness (QED) is 0.768. The minimum absolute atomic E-state index is 0.00466. The maximum Gasteiger partial charge on any atom is 0.257 e. The highest BCUT2D eigenvalue weighted by Gasteiger charge is 2.25. The number of hydrogen-bond acceptors (Lipinski definition) is 3. The molecule has 1 amide bonds. The Balaban J connectivity index is 1.62. The topological polar surface area (TPSA) is 38.8 Å². The molecule has 4 nitrogen and oxygen atoms in total. The molecule has 27 heavy (non-hydrogen) atoms. The van der Waals surface area contributed by atoms with Crippen LogP contribution >= 0.6 is 0 Å². The van der Waals surface area contributed by atoms with Gasteiger partial charge < -0.3 is 14.4 Å². The first-order chi connectivity index (χ1) is 13.1. The first-order valence-corrected chi connectivity index (χ1v) is 9.30. The fraction of sp³-hybridized carbons (Fsp3) is 0.409. The summed E-state index contributed by atoms with van der Waals surface area (Å²) >= 11 is 0. The third-order valence-corrected chi connectivity index (χ3v) is 5.14. The average molecular weight is 371 g/mol. The van der Waals surface area contributed by atoms with E-state index >= 15 is 0 Å². The van der Waals surface area contributed by atoms with Crippen molar-refractivity contribution in [3.63, 3.8) is 0 Å². The first-order valence-electron chi connectivity index (χ1n) is 9.30. The van der Waals surface area contributed by atoms with E-state index in [0.717, 1.165) is 43.5 Å². The average Bonchev–Trinajstić information content (AvgIpc) is 2.70. The van der Waals surface area contributed by atoms with Gasteiger partial charge in [0.2, 0.25) is 0 Å². The molecule has 5 heteroatoms. The molecule has 0 spiro atoms. The molecule has 3 rings (SSSR count). The Kier molecular flexibility index (Phi) is 6.45. The van der Waals surface area contributed by atoms with Crippen LogP contribution < -0.4 is 4.74 Å². The van der Waals surface area contributed by atoms with E-state index in [1.165, 1.54) is 12.1 Å². The Labute approximate surface area is 159 Å². The van der Waals surface area contributed by atoms with Gasteiger partial charge in [-0.2, -0.15) is 0 Å². The van der Waals surface area contributed by atoms with Gasteiger partial charge >= 0.3 is 0 Å². The van der Waals surface area contributed by atoms with Crippen molar-refractivity contribution >= 4 is 5.91 Å². The molecule has 2 aromatic rings. The lowest BCUT2D eigenvalue weighted by Crippen LogP contribution is -2.39. The number of amides is 1. The Morgan fingerprint density at radius 1 is 1.07 bits per heavy atom. The fourth-order valence-electron chi connectivity index (χ4n) is 3.64. The molecule has 0 unspecified atom stereocenters. The number of halogens is 1. The van der Waals surface area contributed by atoms with Gasteiger partial charge in [-0.05, 0) is 60.6 Å². The largest absolute Gasteiger partial charge is 0.496 e. The van der Waals surface area contributed by atoms with Crippen LogP contribution in [-0.2, 0) is 17.8 Å². The van der Waals surface area contributed by atoms with E-state index in [-0.39, 0.29) is 11.7 Å². The molecule has 1 saturated heterocycles. The second-order valence-electron chi connectivity index (χ2n) is 7.03. The minimum atomic E-state index is -0.205. The van der Waals surface area contributed by atoms with Gasteiger partial charge in [-0.15, -0.1) is 0 Å². The van der Waals surface area contributed by atoms with E-state index in [1.54, 1.807) is 14.2 Å². The molecule has 0 atom stereocenters. The first kappa shape index (κ1) is 19.4. The predicted octanol–water partition coefficient (Wildman–Crippen LogP) is 4.08. The molecule has 1 aliphatic heterocycles. The van der Waals surface area contributed by atoms with Crippen LogP contribution in [0.25, 0.3) is 0 Å². The summed E-state index contributed by atoms with van der Waals surface area (Å²) in [4.78, 5) is 14.9. The number of benzene rings is 2. The molecule has 144 valence electrons. The lowest BCUT2D eigenvalue weighted by molar-refractivity contribution is 0.0687. The van der Waals surface area contributed by atoms with Crippen molar-refractivity contribution in [2.24, 2.45) is 5.92 Å². The van der Waals surface area contributed by atoms with Crippen LogP contribution in [0.5, 0.6) is 5.75 Å². The number of ether oxygens (including phenoxy) is 2.